The molecule has 0 aliphatic carbocycles. The molecule has 0 radical (unpaired) electrons. The van der Waals surface area contributed by atoms with Gasteiger partial charge in [0.05, 0.1) is 18.1 Å². The van der Waals surface area contributed by atoms with Crippen molar-refractivity contribution in [3.05, 3.63) is 23.7 Å². The molecular formula is C12H16N4O2. The van der Waals surface area contributed by atoms with E-state index in [-0.39, 0.29) is 13.2 Å². The van der Waals surface area contributed by atoms with Crippen LogP contribution in [0.15, 0.2) is 12.4 Å². The summed E-state index contributed by atoms with van der Waals surface area (Å²) >= 11 is 0. The molecule has 18 heavy (non-hydrogen) atoms. The van der Waals surface area contributed by atoms with Gasteiger partial charge in [-0.3, -0.25) is 0 Å². The van der Waals surface area contributed by atoms with E-state index >= 15 is 0 Å². The summed E-state index contributed by atoms with van der Waals surface area (Å²) < 4.78 is 0. The smallest absolute Gasteiger partial charge is 0.165 e. The van der Waals surface area contributed by atoms with Crippen LogP contribution in [0.4, 0.5) is 5.82 Å². The summed E-state index contributed by atoms with van der Waals surface area (Å²) in [6, 6.07) is 1.96. The quantitative estimate of drug-likeness (QED) is 0.725. The summed E-state index contributed by atoms with van der Waals surface area (Å²) in [6.07, 6.45) is 0.621. The number of anilines is 1. The fourth-order valence-electron chi connectivity index (χ4n) is 1.82. The molecule has 0 unspecified atom stereocenters. The van der Waals surface area contributed by atoms with E-state index < -0.39 is 6.10 Å². The molecule has 0 amide bonds. The minimum atomic E-state index is -0.811. The van der Waals surface area contributed by atoms with E-state index in [4.69, 9.17) is 5.11 Å². The monoisotopic (exact) mass is 248 g/mol. The van der Waals surface area contributed by atoms with Gasteiger partial charge in [0.1, 0.15) is 12.1 Å². The summed E-state index contributed by atoms with van der Waals surface area (Å²) in [6.45, 7) is 3.83. The molecule has 2 aromatic rings. The van der Waals surface area contributed by atoms with Crippen molar-refractivity contribution in [2.45, 2.75) is 20.0 Å². The number of aromatic nitrogens is 3. The van der Waals surface area contributed by atoms with Gasteiger partial charge in [-0.25, -0.2) is 15.0 Å². The van der Waals surface area contributed by atoms with E-state index in [2.05, 4.69) is 20.3 Å². The Hall–Kier alpha value is -1.79. The van der Waals surface area contributed by atoms with Crippen molar-refractivity contribution in [3.63, 3.8) is 0 Å². The molecular weight excluding hydrogens is 232 g/mol. The highest BCUT2D eigenvalue weighted by molar-refractivity contribution is 5.89. The first-order valence-corrected chi connectivity index (χ1v) is 5.73. The summed E-state index contributed by atoms with van der Waals surface area (Å²) in [5.74, 6) is 0.623. The van der Waals surface area contributed by atoms with Gasteiger partial charge in [0.15, 0.2) is 5.65 Å². The first kappa shape index (κ1) is 12.7. The summed E-state index contributed by atoms with van der Waals surface area (Å²) in [7, 11) is 0. The molecule has 3 N–H and O–H groups in total. The van der Waals surface area contributed by atoms with Crippen LogP contribution in [0.2, 0.25) is 0 Å². The van der Waals surface area contributed by atoms with Crippen molar-refractivity contribution >= 4 is 16.9 Å². The van der Waals surface area contributed by atoms with Crippen molar-refractivity contribution in [2.75, 3.05) is 18.5 Å². The lowest BCUT2D eigenvalue weighted by atomic mass is 10.1. The number of aliphatic hydroxyl groups is 2. The average molecular weight is 248 g/mol. The van der Waals surface area contributed by atoms with Crippen LogP contribution >= 0.6 is 0 Å². The van der Waals surface area contributed by atoms with E-state index in [1.165, 1.54) is 6.33 Å². The number of nitrogens with zero attached hydrogens (tertiary/aromatic N) is 3. The van der Waals surface area contributed by atoms with Gasteiger partial charge in [0.25, 0.3) is 0 Å². The first-order valence-electron chi connectivity index (χ1n) is 5.73. The summed E-state index contributed by atoms with van der Waals surface area (Å²) in [4.78, 5) is 12.6. The maximum atomic E-state index is 9.33. The van der Waals surface area contributed by atoms with Crippen LogP contribution in [-0.2, 0) is 0 Å². The second-order valence-corrected chi connectivity index (χ2v) is 4.22. The van der Waals surface area contributed by atoms with Gasteiger partial charge in [-0.05, 0) is 25.5 Å². The molecule has 0 spiro atoms. The van der Waals surface area contributed by atoms with E-state index in [9.17, 15) is 5.11 Å². The molecule has 0 aliphatic rings. The van der Waals surface area contributed by atoms with Crippen molar-refractivity contribution < 1.29 is 10.2 Å². The minimum Gasteiger partial charge on any atom is -0.394 e. The minimum absolute atomic E-state index is 0.232. The highest BCUT2D eigenvalue weighted by Gasteiger charge is 2.09. The Labute approximate surface area is 105 Å². The molecule has 0 bridgehead atoms. The summed E-state index contributed by atoms with van der Waals surface area (Å²) in [5.41, 5.74) is 2.56. The van der Waals surface area contributed by atoms with Crippen LogP contribution in [0.25, 0.3) is 11.0 Å². The van der Waals surface area contributed by atoms with Gasteiger partial charge in [-0.15, -0.1) is 0 Å². The van der Waals surface area contributed by atoms with Crippen LogP contribution in [-0.4, -0.2) is 44.4 Å². The zero-order chi connectivity index (χ0) is 13.1. The van der Waals surface area contributed by atoms with Crippen molar-refractivity contribution in [1.82, 2.24) is 15.0 Å². The number of rotatable bonds is 4. The lowest BCUT2D eigenvalue weighted by Crippen LogP contribution is -2.23. The van der Waals surface area contributed by atoms with Gasteiger partial charge >= 0.3 is 0 Å². The fourth-order valence-corrected chi connectivity index (χ4v) is 1.82. The number of aryl methyl sites for hydroxylation is 2. The third-order valence-electron chi connectivity index (χ3n) is 2.65. The van der Waals surface area contributed by atoms with E-state index in [1.807, 2.05) is 19.9 Å². The molecule has 1 atom stereocenters. The Morgan fingerprint density at radius 2 is 2.11 bits per heavy atom. The predicted molar refractivity (Wildman–Crippen MR) is 68.4 cm³/mol. The van der Waals surface area contributed by atoms with Gasteiger partial charge in [0.2, 0.25) is 0 Å². The third kappa shape index (κ3) is 2.55. The number of hydrogen-bond acceptors (Lipinski definition) is 6. The van der Waals surface area contributed by atoms with Crippen molar-refractivity contribution in [2.24, 2.45) is 0 Å². The molecule has 6 nitrogen and oxygen atoms in total. The average Bonchev–Trinajstić information content (AvgIpc) is 2.35. The number of nitrogens with one attached hydrogen (secondary N) is 1. The molecule has 0 saturated carbocycles. The van der Waals surface area contributed by atoms with E-state index in [1.54, 1.807) is 0 Å². The number of hydrogen-bond donors (Lipinski definition) is 3. The maximum absolute atomic E-state index is 9.33. The second kappa shape index (κ2) is 5.24. The molecule has 2 rings (SSSR count). The van der Waals surface area contributed by atoms with Crippen LogP contribution in [0.3, 0.4) is 0 Å². The highest BCUT2D eigenvalue weighted by Crippen LogP contribution is 2.22. The van der Waals surface area contributed by atoms with Crippen LogP contribution in [0, 0.1) is 13.8 Å². The van der Waals surface area contributed by atoms with Gasteiger partial charge in [-0.1, -0.05) is 0 Å². The Balaban J connectivity index is 2.39. The zero-order valence-corrected chi connectivity index (χ0v) is 10.4. The van der Waals surface area contributed by atoms with Gasteiger partial charge < -0.3 is 15.5 Å². The Bertz CT molecular complexity index is 559. The Morgan fingerprint density at radius 1 is 1.33 bits per heavy atom. The lowest BCUT2D eigenvalue weighted by molar-refractivity contribution is 0.105. The third-order valence-corrected chi connectivity index (χ3v) is 2.65. The number of aliphatic hydroxyl groups excluding tert-OH is 2. The molecule has 6 heteroatoms. The second-order valence-electron chi connectivity index (χ2n) is 4.22. The Morgan fingerprint density at radius 3 is 2.83 bits per heavy atom. The fraction of sp³-hybridized carbons (Fsp3) is 0.417. The molecule has 0 aromatic carbocycles. The maximum Gasteiger partial charge on any atom is 0.165 e. The number of fused-ring (bicyclic) bond motifs is 1. The topological polar surface area (TPSA) is 91.2 Å². The van der Waals surface area contributed by atoms with E-state index in [0.717, 1.165) is 16.6 Å². The molecule has 0 saturated heterocycles. The normalized spacial score (nSPS) is 12.7. The SMILES string of the molecule is Cc1cc(C)c2c(NC[C@H](O)CO)ncnc2n1. The van der Waals surface area contributed by atoms with Crippen molar-refractivity contribution in [1.29, 1.82) is 0 Å². The molecule has 2 heterocycles. The largest absolute Gasteiger partial charge is 0.394 e. The lowest BCUT2D eigenvalue weighted by Gasteiger charge is -2.12. The van der Waals surface area contributed by atoms with Crippen LogP contribution in [0.5, 0.6) is 0 Å². The molecule has 2 aromatic heterocycles. The first-order chi connectivity index (χ1) is 8.61. The number of pyridine rings is 1. The van der Waals surface area contributed by atoms with Crippen LogP contribution in [0.1, 0.15) is 11.3 Å². The van der Waals surface area contributed by atoms with Gasteiger partial charge in [-0.2, -0.15) is 0 Å². The van der Waals surface area contributed by atoms with E-state index in [0.29, 0.717) is 11.5 Å². The molecule has 0 fully saturated rings. The molecule has 96 valence electrons. The van der Waals surface area contributed by atoms with Crippen LogP contribution < -0.4 is 5.32 Å². The van der Waals surface area contributed by atoms with Crippen molar-refractivity contribution in [3.8, 4) is 0 Å². The summed E-state index contributed by atoms with van der Waals surface area (Å²) in [5, 5.41) is 22.0. The predicted octanol–water partition coefficient (Wildman–Crippen LogP) is 0.407. The highest BCUT2D eigenvalue weighted by atomic mass is 16.3. The molecule has 0 aliphatic heterocycles. The zero-order valence-electron chi connectivity index (χ0n) is 10.4. The van der Waals surface area contributed by atoms with Gasteiger partial charge in [0, 0.05) is 12.2 Å². The standard InChI is InChI=1S/C12H16N4O2/c1-7-3-8(2)16-12-10(7)11(14-6-15-12)13-4-9(18)5-17/h3,6,9,17-18H,4-5H2,1-2H3,(H,13,14,15,16)/t9-/m0/s1. The Kier molecular flexibility index (Phi) is 3.69.